The van der Waals surface area contributed by atoms with E-state index in [1.165, 1.54) is 0 Å². The molecule has 4 unspecified atom stereocenters. The maximum Gasteiger partial charge on any atom is 0.114 e. The zero-order valence-corrected chi connectivity index (χ0v) is 12.4. The summed E-state index contributed by atoms with van der Waals surface area (Å²) in [5.74, 6) is 0. The van der Waals surface area contributed by atoms with Crippen LogP contribution >= 0.6 is 0 Å². The number of hydrogen-bond donors (Lipinski definition) is 7. The molecule has 2 aliphatic heterocycles. The molecule has 0 saturated carbocycles. The topological polar surface area (TPSA) is 169 Å². The Morgan fingerprint density at radius 2 is 1.39 bits per heavy atom. The zero-order chi connectivity index (χ0) is 17.1. The Hall–Kier alpha value is -0.400. The smallest absolute Gasteiger partial charge is 0.114 e. The third kappa shape index (κ3) is 3.99. The van der Waals surface area contributed by atoms with Gasteiger partial charge in [0.25, 0.3) is 0 Å². The predicted octanol–water partition coefficient (Wildman–Crippen LogP) is -4.67. The van der Waals surface area contributed by atoms with E-state index in [4.69, 9.17) is 24.4 Å². The van der Waals surface area contributed by atoms with E-state index in [-0.39, 0.29) is 13.2 Å². The molecule has 2 saturated heterocycles. The molecule has 0 aliphatic carbocycles. The van der Waals surface area contributed by atoms with Crippen LogP contribution in [0, 0.1) is 0 Å². The lowest BCUT2D eigenvalue weighted by Gasteiger charge is -2.42. The molecule has 2 aliphatic rings. The van der Waals surface area contributed by atoms with Crippen LogP contribution in [0.1, 0.15) is 0 Å². The highest BCUT2D eigenvalue weighted by Gasteiger charge is 2.45. The summed E-state index contributed by atoms with van der Waals surface area (Å²) >= 11 is 0. The first-order valence-electron chi connectivity index (χ1n) is 7.41. The normalized spacial score (nSPS) is 48.4. The first-order valence-corrected chi connectivity index (χ1v) is 7.41. The highest BCUT2D eigenvalue weighted by Crippen LogP contribution is 2.24. The molecule has 9 atom stereocenters. The van der Waals surface area contributed by atoms with E-state index >= 15 is 0 Å². The molecule has 0 bridgehead atoms. The Kier molecular flexibility index (Phi) is 6.68. The van der Waals surface area contributed by atoms with Gasteiger partial charge in [-0.25, -0.2) is 0 Å². The van der Waals surface area contributed by atoms with Gasteiger partial charge >= 0.3 is 0 Å². The van der Waals surface area contributed by atoms with E-state index in [1.807, 2.05) is 0 Å². The molecule has 23 heavy (non-hydrogen) atoms. The van der Waals surface area contributed by atoms with Crippen molar-refractivity contribution in [1.82, 2.24) is 0 Å². The summed E-state index contributed by atoms with van der Waals surface area (Å²) in [6.45, 7) is -1.45. The number of rotatable bonds is 5. The first kappa shape index (κ1) is 18.9. The van der Waals surface area contributed by atoms with Gasteiger partial charge in [-0.2, -0.15) is 0 Å². The Labute approximate surface area is 132 Å². The van der Waals surface area contributed by atoms with Crippen LogP contribution in [0.25, 0.3) is 0 Å². The Bertz CT molecular complexity index is 367. The van der Waals surface area contributed by atoms with Gasteiger partial charge in [0.05, 0.1) is 26.4 Å². The maximum atomic E-state index is 9.98. The molecule has 7 N–H and O–H groups in total. The fraction of sp³-hybridized carbons (Fsp3) is 1.00. The second kappa shape index (κ2) is 8.12. The van der Waals surface area contributed by atoms with Gasteiger partial charge in [-0.15, -0.1) is 0 Å². The molecule has 0 aromatic carbocycles. The molecule has 136 valence electrons. The van der Waals surface area contributed by atoms with Crippen LogP contribution in [-0.4, -0.2) is 117 Å². The molecular formula is C13H24O10. The van der Waals surface area contributed by atoms with Crippen molar-refractivity contribution in [3.05, 3.63) is 0 Å². The van der Waals surface area contributed by atoms with Crippen molar-refractivity contribution >= 4 is 0 Å². The summed E-state index contributed by atoms with van der Waals surface area (Å²) in [7, 11) is 0. The van der Waals surface area contributed by atoms with E-state index in [2.05, 4.69) is 0 Å². The predicted molar refractivity (Wildman–Crippen MR) is 72.3 cm³/mol. The molecule has 0 aromatic heterocycles. The van der Waals surface area contributed by atoms with Crippen LogP contribution < -0.4 is 0 Å². The zero-order valence-electron chi connectivity index (χ0n) is 12.4. The SMILES string of the molecule is OCC1O[C@@H](CO[C@@H]2C(O)COC(CO)[C@@H]2O)C(O)[C@@H](O)[C@H]1O. The van der Waals surface area contributed by atoms with Gasteiger partial charge in [0.1, 0.15) is 54.9 Å². The van der Waals surface area contributed by atoms with Crippen LogP contribution in [0.5, 0.6) is 0 Å². The van der Waals surface area contributed by atoms with E-state index in [1.54, 1.807) is 0 Å². The minimum Gasteiger partial charge on any atom is -0.394 e. The lowest BCUT2D eigenvalue weighted by Crippen LogP contribution is -2.61. The maximum absolute atomic E-state index is 9.98. The molecule has 2 rings (SSSR count). The second-order valence-corrected chi connectivity index (χ2v) is 5.78. The Morgan fingerprint density at radius 1 is 0.783 bits per heavy atom. The van der Waals surface area contributed by atoms with Crippen LogP contribution in [0.4, 0.5) is 0 Å². The monoisotopic (exact) mass is 340 g/mol. The first-order chi connectivity index (χ1) is 10.9. The van der Waals surface area contributed by atoms with Crippen molar-refractivity contribution in [3.63, 3.8) is 0 Å². The number of hydrogen-bond acceptors (Lipinski definition) is 10. The summed E-state index contributed by atoms with van der Waals surface area (Å²) in [4.78, 5) is 0. The van der Waals surface area contributed by atoms with Crippen molar-refractivity contribution in [2.45, 2.75) is 54.9 Å². The van der Waals surface area contributed by atoms with Gasteiger partial charge in [-0.3, -0.25) is 0 Å². The summed E-state index contributed by atoms with van der Waals surface area (Å²) in [6, 6.07) is 0. The highest BCUT2D eigenvalue weighted by molar-refractivity contribution is 4.93. The number of aliphatic hydroxyl groups is 7. The van der Waals surface area contributed by atoms with Crippen LogP contribution in [0.2, 0.25) is 0 Å². The standard InChI is InChI=1S/C13H24O10/c14-1-6-11(19)13(5(16)3-21-6)22-4-8-10(18)12(20)9(17)7(2-15)23-8/h5-20H,1-4H2/t5?,6?,7?,8-,9-,10?,11-,12-,13+/m0/s1. The lowest BCUT2D eigenvalue weighted by molar-refractivity contribution is -0.258. The van der Waals surface area contributed by atoms with Gasteiger partial charge in [0, 0.05) is 0 Å². The van der Waals surface area contributed by atoms with Crippen LogP contribution in [0.15, 0.2) is 0 Å². The average molecular weight is 340 g/mol. The molecule has 0 radical (unpaired) electrons. The van der Waals surface area contributed by atoms with Crippen molar-refractivity contribution in [1.29, 1.82) is 0 Å². The Balaban J connectivity index is 1.95. The molecule has 2 fully saturated rings. The summed E-state index contributed by atoms with van der Waals surface area (Å²) in [5.41, 5.74) is 0. The van der Waals surface area contributed by atoms with Crippen molar-refractivity contribution in [3.8, 4) is 0 Å². The van der Waals surface area contributed by atoms with Gasteiger partial charge < -0.3 is 50.0 Å². The summed E-state index contributed by atoms with van der Waals surface area (Å²) in [5, 5.41) is 67.3. The van der Waals surface area contributed by atoms with Gasteiger partial charge in [-0.05, 0) is 0 Å². The molecule has 10 nitrogen and oxygen atoms in total. The quantitative estimate of drug-likeness (QED) is 0.258. The van der Waals surface area contributed by atoms with E-state index < -0.39 is 68.1 Å². The van der Waals surface area contributed by atoms with E-state index in [9.17, 15) is 25.5 Å². The van der Waals surface area contributed by atoms with E-state index in [0.29, 0.717) is 0 Å². The van der Waals surface area contributed by atoms with Gasteiger partial charge in [0.2, 0.25) is 0 Å². The molecule has 0 spiro atoms. The highest BCUT2D eigenvalue weighted by atomic mass is 16.6. The largest absolute Gasteiger partial charge is 0.394 e. The molecule has 0 amide bonds. The third-order valence-electron chi connectivity index (χ3n) is 4.20. The molecule has 2 heterocycles. The van der Waals surface area contributed by atoms with Gasteiger partial charge in [-0.1, -0.05) is 0 Å². The third-order valence-corrected chi connectivity index (χ3v) is 4.20. The fourth-order valence-electron chi connectivity index (χ4n) is 2.75. The molecule has 0 aromatic rings. The molecule has 10 heteroatoms. The van der Waals surface area contributed by atoms with E-state index in [0.717, 1.165) is 0 Å². The van der Waals surface area contributed by atoms with Crippen LogP contribution in [-0.2, 0) is 14.2 Å². The Morgan fingerprint density at radius 3 is 2.00 bits per heavy atom. The van der Waals surface area contributed by atoms with Crippen LogP contribution in [0.3, 0.4) is 0 Å². The summed E-state index contributed by atoms with van der Waals surface area (Å²) < 4.78 is 15.7. The van der Waals surface area contributed by atoms with Crippen molar-refractivity contribution in [2.24, 2.45) is 0 Å². The van der Waals surface area contributed by atoms with Gasteiger partial charge in [0.15, 0.2) is 0 Å². The lowest BCUT2D eigenvalue weighted by atomic mass is 9.95. The minimum absolute atomic E-state index is 0.137. The fourth-order valence-corrected chi connectivity index (χ4v) is 2.75. The van der Waals surface area contributed by atoms with Crippen molar-refractivity contribution in [2.75, 3.05) is 26.4 Å². The number of ether oxygens (including phenoxy) is 3. The second-order valence-electron chi connectivity index (χ2n) is 5.78. The summed E-state index contributed by atoms with van der Waals surface area (Å²) in [6.07, 6.45) is -11.0. The number of aliphatic hydroxyl groups excluding tert-OH is 7. The average Bonchev–Trinajstić information content (AvgIpc) is 2.54. The molecular weight excluding hydrogens is 316 g/mol. The van der Waals surface area contributed by atoms with Crippen molar-refractivity contribution < 1.29 is 50.0 Å². The minimum atomic E-state index is -1.52.